The number of rotatable bonds is 5. The smallest absolute Gasteiger partial charge is 0.227 e. The molecule has 1 aliphatic carbocycles. The van der Waals surface area contributed by atoms with Gasteiger partial charge in [0.05, 0.1) is 25.8 Å². The van der Waals surface area contributed by atoms with Gasteiger partial charge in [0.2, 0.25) is 11.8 Å². The van der Waals surface area contributed by atoms with Crippen LogP contribution in [0.5, 0.6) is 11.5 Å². The number of nitrogens with one attached hydrogen (secondary N) is 1. The maximum Gasteiger partial charge on any atom is 0.227 e. The molecule has 0 radical (unpaired) electrons. The summed E-state index contributed by atoms with van der Waals surface area (Å²) in [5, 5.41) is 3.13. The molecule has 0 bridgehead atoms. The molecule has 1 heterocycles. The van der Waals surface area contributed by atoms with E-state index in [4.69, 9.17) is 9.47 Å². The Morgan fingerprint density at radius 2 is 1.92 bits per heavy atom. The zero-order valence-corrected chi connectivity index (χ0v) is 14.9. The summed E-state index contributed by atoms with van der Waals surface area (Å²) in [6.07, 6.45) is 5.92. The lowest BCUT2D eigenvalue weighted by atomic mass is 9.95. The van der Waals surface area contributed by atoms with Crippen LogP contribution in [0.4, 0.5) is 5.69 Å². The van der Waals surface area contributed by atoms with E-state index in [1.807, 2.05) is 0 Å². The van der Waals surface area contributed by atoms with Crippen LogP contribution in [-0.2, 0) is 9.59 Å². The van der Waals surface area contributed by atoms with E-state index in [9.17, 15) is 9.59 Å². The summed E-state index contributed by atoms with van der Waals surface area (Å²) in [6.45, 7) is 0.389. The summed E-state index contributed by atoms with van der Waals surface area (Å²) in [5.74, 6) is 0.878. The number of nitrogens with zero attached hydrogens (tertiary/aromatic N) is 1. The average molecular weight is 346 g/mol. The highest BCUT2D eigenvalue weighted by Crippen LogP contribution is 2.35. The molecule has 1 aromatic rings. The van der Waals surface area contributed by atoms with Crippen LogP contribution in [0.15, 0.2) is 18.2 Å². The Hall–Kier alpha value is -2.24. The Balaban J connectivity index is 1.68. The summed E-state index contributed by atoms with van der Waals surface area (Å²) in [5.41, 5.74) is 0.682. The second-order valence-electron chi connectivity index (χ2n) is 6.79. The SMILES string of the molecule is COc1ccc(N2C[C@H](C(=O)NC3CCCCC3)CC2=O)c(OC)c1. The van der Waals surface area contributed by atoms with Crippen LogP contribution < -0.4 is 19.7 Å². The van der Waals surface area contributed by atoms with Gasteiger partial charge in [-0.3, -0.25) is 9.59 Å². The lowest BCUT2D eigenvalue weighted by molar-refractivity contribution is -0.127. The van der Waals surface area contributed by atoms with Gasteiger partial charge in [-0.15, -0.1) is 0 Å². The number of benzene rings is 1. The largest absolute Gasteiger partial charge is 0.497 e. The van der Waals surface area contributed by atoms with Crippen molar-refractivity contribution >= 4 is 17.5 Å². The number of hydrogen-bond donors (Lipinski definition) is 1. The van der Waals surface area contributed by atoms with Gasteiger partial charge in [-0.1, -0.05) is 19.3 Å². The summed E-state index contributed by atoms with van der Waals surface area (Å²) >= 11 is 0. The van der Waals surface area contributed by atoms with E-state index in [0.29, 0.717) is 23.7 Å². The van der Waals surface area contributed by atoms with Gasteiger partial charge < -0.3 is 19.7 Å². The molecule has 1 N–H and O–H groups in total. The number of carbonyl (C=O) groups is 2. The summed E-state index contributed by atoms with van der Waals surface area (Å²) in [6, 6.07) is 5.61. The van der Waals surface area contributed by atoms with E-state index < -0.39 is 0 Å². The second kappa shape index (κ2) is 7.76. The molecule has 1 atom stereocenters. The Morgan fingerprint density at radius 3 is 2.60 bits per heavy atom. The first-order chi connectivity index (χ1) is 12.1. The van der Waals surface area contributed by atoms with Crippen molar-refractivity contribution in [3.8, 4) is 11.5 Å². The Bertz CT molecular complexity index is 640. The van der Waals surface area contributed by atoms with Gasteiger partial charge >= 0.3 is 0 Å². The van der Waals surface area contributed by atoms with Crippen molar-refractivity contribution in [2.24, 2.45) is 5.92 Å². The van der Waals surface area contributed by atoms with E-state index in [-0.39, 0.29) is 30.2 Å². The van der Waals surface area contributed by atoms with E-state index in [1.54, 1.807) is 37.3 Å². The van der Waals surface area contributed by atoms with Crippen molar-refractivity contribution in [2.45, 2.75) is 44.6 Å². The Labute approximate surface area is 148 Å². The molecule has 1 aliphatic heterocycles. The zero-order chi connectivity index (χ0) is 17.8. The maximum atomic E-state index is 12.5. The number of ether oxygens (including phenoxy) is 2. The molecule has 2 aliphatic rings. The van der Waals surface area contributed by atoms with Gasteiger partial charge in [-0.05, 0) is 25.0 Å². The molecule has 6 nitrogen and oxygen atoms in total. The van der Waals surface area contributed by atoms with Crippen LogP contribution in [0.3, 0.4) is 0 Å². The minimum atomic E-state index is -0.304. The van der Waals surface area contributed by atoms with Gasteiger partial charge in [0.1, 0.15) is 11.5 Å². The highest BCUT2D eigenvalue weighted by molar-refractivity contribution is 6.01. The van der Waals surface area contributed by atoms with Crippen LogP contribution in [0.25, 0.3) is 0 Å². The molecular weight excluding hydrogens is 320 g/mol. The monoisotopic (exact) mass is 346 g/mol. The van der Waals surface area contributed by atoms with Crippen molar-refractivity contribution in [1.82, 2.24) is 5.32 Å². The first kappa shape index (κ1) is 17.6. The molecule has 25 heavy (non-hydrogen) atoms. The zero-order valence-electron chi connectivity index (χ0n) is 14.9. The Morgan fingerprint density at radius 1 is 1.16 bits per heavy atom. The fraction of sp³-hybridized carbons (Fsp3) is 0.579. The number of carbonyl (C=O) groups excluding carboxylic acids is 2. The molecule has 6 heteroatoms. The van der Waals surface area contributed by atoms with Gasteiger partial charge in [0, 0.05) is 25.1 Å². The van der Waals surface area contributed by atoms with Crippen molar-refractivity contribution in [2.75, 3.05) is 25.7 Å². The number of methoxy groups -OCH3 is 2. The molecule has 3 rings (SSSR count). The third kappa shape index (κ3) is 3.89. The van der Waals surface area contributed by atoms with Crippen molar-refractivity contribution in [1.29, 1.82) is 0 Å². The third-order valence-electron chi connectivity index (χ3n) is 5.13. The van der Waals surface area contributed by atoms with Crippen molar-refractivity contribution in [3.63, 3.8) is 0 Å². The summed E-state index contributed by atoms with van der Waals surface area (Å²) < 4.78 is 10.6. The summed E-state index contributed by atoms with van der Waals surface area (Å²) in [7, 11) is 3.15. The highest BCUT2D eigenvalue weighted by Gasteiger charge is 2.37. The molecule has 0 aromatic heterocycles. The predicted octanol–water partition coefficient (Wildman–Crippen LogP) is 2.51. The van der Waals surface area contributed by atoms with Crippen LogP contribution >= 0.6 is 0 Å². The van der Waals surface area contributed by atoms with Gasteiger partial charge in [0.25, 0.3) is 0 Å². The van der Waals surface area contributed by atoms with E-state index >= 15 is 0 Å². The van der Waals surface area contributed by atoms with E-state index in [0.717, 1.165) is 12.8 Å². The lowest BCUT2D eigenvalue weighted by Crippen LogP contribution is -2.40. The lowest BCUT2D eigenvalue weighted by Gasteiger charge is -2.24. The van der Waals surface area contributed by atoms with E-state index in [2.05, 4.69) is 5.32 Å². The van der Waals surface area contributed by atoms with Crippen molar-refractivity contribution in [3.05, 3.63) is 18.2 Å². The molecular formula is C19H26N2O4. The van der Waals surface area contributed by atoms with Crippen LogP contribution in [0.2, 0.25) is 0 Å². The number of anilines is 1. The molecule has 2 amide bonds. The fourth-order valence-electron chi connectivity index (χ4n) is 3.69. The average Bonchev–Trinajstić information content (AvgIpc) is 3.03. The normalized spacial score (nSPS) is 21.3. The van der Waals surface area contributed by atoms with Crippen LogP contribution in [0, 0.1) is 5.92 Å². The van der Waals surface area contributed by atoms with Crippen LogP contribution in [0.1, 0.15) is 38.5 Å². The highest BCUT2D eigenvalue weighted by atomic mass is 16.5. The first-order valence-electron chi connectivity index (χ1n) is 8.95. The summed E-state index contributed by atoms with van der Waals surface area (Å²) in [4.78, 5) is 26.7. The molecule has 1 aromatic carbocycles. The third-order valence-corrected chi connectivity index (χ3v) is 5.13. The molecule has 1 saturated carbocycles. The van der Waals surface area contributed by atoms with Crippen molar-refractivity contribution < 1.29 is 19.1 Å². The number of amides is 2. The maximum absolute atomic E-state index is 12.5. The molecule has 2 fully saturated rings. The van der Waals surface area contributed by atoms with Gasteiger partial charge in [-0.25, -0.2) is 0 Å². The van der Waals surface area contributed by atoms with E-state index in [1.165, 1.54) is 19.3 Å². The fourth-order valence-corrected chi connectivity index (χ4v) is 3.69. The standard InChI is InChI=1S/C19H26N2O4/c1-24-15-8-9-16(17(11-15)25-2)21-12-13(10-18(21)22)19(23)20-14-6-4-3-5-7-14/h8-9,11,13-14H,3-7,10,12H2,1-2H3,(H,20,23)/t13-/m1/s1. The minimum Gasteiger partial charge on any atom is -0.497 e. The topological polar surface area (TPSA) is 67.9 Å². The minimum absolute atomic E-state index is 0.00442. The van der Waals surface area contributed by atoms with Gasteiger partial charge in [-0.2, -0.15) is 0 Å². The second-order valence-corrected chi connectivity index (χ2v) is 6.79. The number of hydrogen-bond acceptors (Lipinski definition) is 4. The molecule has 0 spiro atoms. The van der Waals surface area contributed by atoms with Crippen LogP contribution in [-0.4, -0.2) is 38.6 Å². The molecule has 1 saturated heterocycles. The molecule has 136 valence electrons. The predicted molar refractivity (Wildman–Crippen MR) is 95.0 cm³/mol. The quantitative estimate of drug-likeness (QED) is 0.889. The molecule has 0 unspecified atom stereocenters. The first-order valence-corrected chi connectivity index (χ1v) is 8.95. The van der Waals surface area contributed by atoms with Gasteiger partial charge in [0.15, 0.2) is 0 Å². The Kier molecular flexibility index (Phi) is 5.46.